The number of anilines is 1. The Morgan fingerprint density at radius 2 is 2.21 bits per heavy atom. The summed E-state index contributed by atoms with van der Waals surface area (Å²) in [4.78, 5) is 17.4. The van der Waals surface area contributed by atoms with Gasteiger partial charge in [0.15, 0.2) is 15.7 Å². The van der Waals surface area contributed by atoms with Gasteiger partial charge in [-0.1, -0.05) is 12.6 Å². The van der Waals surface area contributed by atoms with Crippen LogP contribution < -0.4 is 15.8 Å². The minimum absolute atomic E-state index is 0.385. The lowest BCUT2D eigenvalue weighted by Crippen LogP contribution is -2.29. The number of nitrogens with one attached hydrogen (secondary N) is 1. The molecule has 0 bridgehead atoms. The van der Waals surface area contributed by atoms with Gasteiger partial charge in [0, 0.05) is 17.6 Å². The van der Waals surface area contributed by atoms with Crippen molar-refractivity contribution in [2.75, 3.05) is 5.32 Å². The second kappa shape index (κ2) is 7.05. The van der Waals surface area contributed by atoms with E-state index < -0.39 is 35.6 Å². The molecule has 2 atom stereocenters. The van der Waals surface area contributed by atoms with E-state index in [9.17, 15) is 13.4 Å². The number of amides is 2. The van der Waals surface area contributed by atoms with Gasteiger partial charge in [-0.15, -0.1) is 4.36 Å². The number of carbonyl (C=O) groups excluding carboxylic acids is 1. The normalized spacial score (nSPS) is 19.8. The van der Waals surface area contributed by atoms with E-state index in [-0.39, 0.29) is 0 Å². The molecule has 1 unspecified atom stereocenters. The molecule has 0 saturated heterocycles. The van der Waals surface area contributed by atoms with Gasteiger partial charge in [-0.25, -0.2) is 18.5 Å². The van der Waals surface area contributed by atoms with Crippen LogP contribution in [0.2, 0.25) is 12.6 Å². The third-order valence-corrected chi connectivity index (χ3v) is 9.22. The first kappa shape index (κ1) is 19.2. The molecule has 11 heteroatoms. The maximum atomic E-state index is 14.0. The summed E-state index contributed by atoms with van der Waals surface area (Å²) < 4.78 is 31.6. The van der Waals surface area contributed by atoms with E-state index >= 15 is 0 Å². The molecule has 2 aromatic rings. The first-order chi connectivity index (χ1) is 13.3. The van der Waals surface area contributed by atoms with Crippen LogP contribution in [0.1, 0.15) is 30.2 Å². The van der Waals surface area contributed by atoms with Crippen molar-refractivity contribution in [3.8, 4) is 0 Å². The van der Waals surface area contributed by atoms with Gasteiger partial charge in [0.05, 0.1) is 20.7 Å². The van der Waals surface area contributed by atoms with E-state index in [1.807, 2.05) is 0 Å². The summed E-state index contributed by atoms with van der Waals surface area (Å²) in [7, 11) is -4.88. The number of rotatable bonds is 3. The molecule has 0 radical (unpaired) electrons. The molecule has 2 aliphatic rings. The van der Waals surface area contributed by atoms with E-state index in [0.29, 0.717) is 6.54 Å². The predicted octanol–water partition coefficient (Wildman–Crippen LogP) is 1.48. The van der Waals surface area contributed by atoms with Crippen molar-refractivity contribution >= 4 is 35.7 Å². The monoisotopic (exact) mass is 422 g/mol. The van der Waals surface area contributed by atoms with Gasteiger partial charge in [0.25, 0.3) is 0 Å². The maximum Gasteiger partial charge on any atom is 0.354 e. The number of pyridine rings is 1. The zero-order valence-corrected chi connectivity index (χ0v) is 17.8. The highest BCUT2D eigenvalue weighted by Gasteiger charge is 2.30. The zero-order chi connectivity index (χ0) is 20.1. The highest BCUT2D eigenvalue weighted by molar-refractivity contribution is 7.91. The van der Waals surface area contributed by atoms with Gasteiger partial charge >= 0.3 is 6.03 Å². The van der Waals surface area contributed by atoms with Crippen LogP contribution in [-0.4, -0.2) is 33.8 Å². The third kappa shape index (κ3) is 3.27. The van der Waals surface area contributed by atoms with Crippen LogP contribution in [0, 0.1) is 5.82 Å². The molecule has 2 amide bonds. The Morgan fingerprint density at radius 1 is 1.43 bits per heavy atom. The van der Waals surface area contributed by atoms with Crippen molar-refractivity contribution in [3.63, 3.8) is 0 Å². The first-order valence-corrected chi connectivity index (χ1v) is 13.6. The van der Waals surface area contributed by atoms with Crippen molar-refractivity contribution < 1.29 is 13.4 Å². The summed E-state index contributed by atoms with van der Waals surface area (Å²) in [5.74, 6) is -0.837. The number of nitrogens with two attached hydrogens (primary N) is 1. The molecular formula is C17H23FN6O2SSi. The maximum absolute atomic E-state index is 14.0. The molecule has 1 aliphatic carbocycles. The van der Waals surface area contributed by atoms with Crippen LogP contribution in [0.4, 0.5) is 14.9 Å². The molecule has 4 rings (SSSR count). The van der Waals surface area contributed by atoms with Crippen LogP contribution in [0.3, 0.4) is 0 Å². The minimum Gasteiger partial charge on any atom is -0.305 e. The Bertz CT molecular complexity index is 1090. The molecular weight excluding hydrogens is 399 g/mol. The molecule has 28 heavy (non-hydrogen) atoms. The number of aromatic nitrogens is 3. The number of urea groups is 1. The molecule has 150 valence electrons. The number of hydrogen-bond acceptors (Lipinski definition) is 4. The summed E-state index contributed by atoms with van der Waals surface area (Å²) in [6.07, 6.45) is 4.70. The van der Waals surface area contributed by atoms with E-state index in [4.69, 9.17) is 10.1 Å². The van der Waals surface area contributed by atoms with Crippen molar-refractivity contribution in [1.82, 2.24) is 14.8 Å². The second-order valence-corrected chi connectivity index (χ2v) is 11.9. The van der Waals surface area contributed by atoms with Crippen LogP contribution in [0.5, 0.6) is 0 Å². The number of fused-ring (bicyclic) bond motifs is 2. The fourth-order valence-corrected chi connectivity index (χ4v) is 7.18. The topological polar surface area (TPSA) is 115 Å². The number of hydrogen-bond donors (Lipinski definition) is 2. The fourth-order valence-electron chi connectivity index (χ4n) is 3.99. The smallest absolute Gasteiger partial charge is 0.305 e. The van der Waals surface area contributed by atoms with Crippen molar-refractivity contribution in [2.24, 2.45) is 9.50 Å². The number of halogens is 1. The molecule has 1 aliphatic heterocycles. The van der Waals surface area contributed by atoms with Crippen molar-refractivity contribution in [2.45, 2.75) is 56.8 Å². The number of carbonyl (C=O) groups is 1. The van der Waals surface area contributed by atoms with E-state index in [1.165, 1.54) is 4.68 Å². The Morgan fingerprint density at radius 3 is 2.93 bits per heavy atom. The lowest BCUT2D eigenvalue weighted by molar-refractivity contribution is 0.260. The first-order valence-electron chi connectivity index (χ1n) is 9.43. The predicted molar refractivity (Wildman–Crippen MR) is 107 cm³/mol. The van der Waals surface area contributed by atoms with Crippen LogP contribution in [0.15, 0.2) is 15.6 Å². The second-order valence-electron chi connectivity index (χ2n) is 7.30. The van der Waals surface area contributed by atoms with Crippen LogP contribution in [-0.2, 0) is 35.7 Å². The summed E-state index contributed by atoms with van der Waals surface area (Å²) >= 11 is 0. The van der Waals surface area contributed by atoms with E-state index in [0.717, 1.165) is 65.7 Å². The standard InChI is InChI=1S/C17H23FN6O2SSi/c1-3-24-9-12(18)15(22-24)27(19,26)23-17(25)21-14-10-5-4-6-13(10)20-16-11(14)7-8-28(16)2/h9,28H,3-8H2,1-2H3,(H3,19,20,21,23,25,26)/t27?,28-/m0/s1. The largest absolute Gasteiger partial charge is 0.354 e. The highest BCUT2D eigenvalue weighted by atomic mass is 32.2. The zero-order valence-electron chi connectivity index (χ0n) is 15.9. The molecule has 0 spiro atoms. The Kier molecular flexibility index (Phi) is 4.84. The number of nitrogens with zero attached hydrogens (tertiary/aromatic N) is 4. The summed E-state index contributed by atoms with van der Waals surface area (Å²) in [5, 5.41) is 13.0. The summed E-state index contributed by atoms with van der Waals surface area (Å²) in [6.45, 7) is 4.40. The van der Waals surface area contributed by atoms with Gasteiger partial charge in [0.2, 0.25) is 5.03 Å². The highest BCUT2D eigenvalue weighted by Crippen LogP contribution is 2.33. The minimum atomic E-state index is -3.79. The summed E-state index contributed by atoms with van der Waals surface area (Å²) in [6, 6.07) is 0.264. The SMILES string of the molecule is CCn1cc(F)c(S(N)(=O)=NC(=O)Nc2c3c(nc4c2CC[Si@@H]4C)CCC3)n1. The Balaban J connectivity index is 1.70. The van der Waals surface area contributed by atoms with E-state index in [1.54, 1.807) is 6.92 Å². The van der Waals surface area contributed by atoms with Gasteiger partial charge in [-0.05, 0) is 43.7 Å². The molecule has 3 heterocycles. The lowest BCUT2D eigenvalue weighted by atomic mass is 10.1. The van der Waals surface area contributed by atoms with Crippen molar-refractivity contribution in [1.29, 1.82) is 0 Å². The van der Waals surface area contributed by atoms with Gasteiger partial charge in [-0.2, -0.15) is 5.10 Å². The lowest BCUT2D eigenvalue weighted by Gasteiger charge is -2.15. The van der Waals surface area contributed by atoms with Crippen LogP contribution >= 0.6 is 0 Å². The molecule has 0 fully saturated rings. The molecule has 8 nitrogen and oxygen atoms in total. The molecule has 3 N–H and O–H groups in total. The fraction of sp³-hybridized carbons (Fsp3) is 0.471. The van der Waals surface area contributed by atoms with Gasteiger partial charge in [0.1, 0.15) is 0 Å². The molecule has 2 aromatic heterocycles. The Hall–Kier alpha value is -2.11. The molecule has 0 saturated carbocycles. The average molecular weight is 423 g/mol. The quantitative estimate of drug-likeness (QED) is 0.729. The van der Waals surface area contributed by atoms with Crippen molar-refractivity contribution in [3.05, 3.63) is 28.8 Å². The summed E-state index contributed by atoms with van der Waals surface area (Å²) in [5.41, 5.74) is 3.90. The van der Waals surface area contributed by atoms with E-state index in [2.05, 4.69) is 21.3 Å². The number of aryl methyl sites for hydroxylation is 2. The molecule has 0 aromatic carbocycles. The van der Waals surface area contributed by atoms with Gasteiger partial charge in [-0.3, -0.25) is 9.67 Å². The average Bonchev–Trinajstić information content (AvgIpc) is 3.33. The third-order valence-electron chi connectivity index (χ3n) is 5.39. The van der Waals surface area contributed by atoms with Crippen LogP contribution in [0.25, 0.3) is 0 Å². The Labute approximate surface area is 164 Å². The van der Waals surface area contributed by atoms with Gasteiger partial charge < -0.3 is 5.32 Å².